The van der Waals surface area contributed by atoms with E-state index in [0.29, 0.717) is 17.8 Å². The number of benzene rings is 1. The number of hydrogen-bond acceptors (Lipinski definition) is 2. The summed E-state index contributed by atoms with van der Waals surface area (Å²) >= 11 is 0. The van der Waals surface area contributed by atoms with E-state index in [1.807, 2.05) is 0 Å². The van der Waals surface area contributed by atoms with Crippen molar-refractivity contribution >= 4 is 5.97 Å². The predicted octanol–water partition coefficient (Wildman–Crippen LogP) is 7.18. The molecule has 0 bridgehead atoms. The van der Waals surface area contributed by atoms with Gasteiger partial charge in [-0.15, -0.1) is 0 Å². The van der Waals surface area contributed by atoms with Gasteiger partial charge in [0.1, 0.15) is 0 Å². The third kappa shape index (κ3) is 4.81. The van der Waals surface area contributed by atoms with Gasteiger partial charge in [-0.3, -0.25) is 0 Å². The van der Waals surface area contributed by atoms with E-state index in [2.05, 4.69) is 0 Å². The summed E-state index contributed by atoms with van der Waals surface area (Å²) in [6.45, 7) is 3.58. The predicted molar refractivity (Wildman–Crippen MR) is 107 cm³/mol. The molecule has 3 rings (SSSR count). The van der Waals surface area contributed by atoms with Crippen molar-refractivity contribution in [2.45, 2.75) is 64.8 Å². The molecular weight excluding hydrogens is 436 g/mol. The largest absolute Gasteiger partial charge is 0.465 e. The molecule has 1 saturated carbocycles. The first-order chi connectivity index (χ1) is 14.8. The molecule has 2 aromatic rings. The molecule has 0 spiro atoms. The third-order valence-corrected chi connectivity index (χ3v) is 6.18. The van der Waals surface area contributed by atoms with E-state index in [4.69, 9.17) is 4.74 Å². The van der Waals surface area contributed by atoms with Crippen molar-refractivity contribution in [1.29, 1.82) is 0 Å². The summed E-state index contributed by atoms with van der Waals surface area (Å²) in [5.41, 5.74) is -1.86. The highest BCUT2D eigenvalue weighted by atomic mass is 19.4. The SMILES string of the molecule is COC(=O)c1c(C)c(-c2cc(C(F)(F)F)cc(C(F)(F)F)c2)n(CC2CCCCC2)c1C. The van der Waals surface area contributed by atoms with E-state index >= 15 is 0 Å². The second-order valence-corrected chi connectivity index (χ2v) is 8.33. The Kier molecular flexibility index (Phi) is 6.67. The van der Waals surface area contributed by atoms with Crippen molar-refractivity contribution in [1.82, 2.24) is 4.57 Å². The van der Waals surface area contributed by atoms with Crippen LogP contribution in [-0.2, 0) is 23.6 Å². The minimum absolute atomic E-state index is 0.112. The first-order valence-electron chi connectivity index (χ1n) is 10.4. The second-order valence-electron chi connectivity index (χ2n) is 8.33. The molecule has 1 aromatic carbocycles. The fourth-order valence-electron chi connectivity index (χ4n) is 4.62. The van der Waals surface area contributed by atoms with Gasteiger partial charge in [0.15, 0.2) is 0 Å². The first-order valence-corrected chi connectivity index (χ1v) is 10.4. The molecule has 32 heavy (non-hydrogen) atoms. The van der Waals surface area contributed by atoms with Crippen molar-refractivity contribution in [3.63, 3.8) is 0 Å². The summed E-state index contributed by atoms with van der Waals surface area (Å²) in [6, 6.07) is 1.55. The van der Waals surface area contributed by atoms with Gasteiger partial charge in [0.05, 0.1) is 29.5 Å². The van der Waals surface area contributed by atoms with Crippen LogP contribution in [0.25, 0.3) is 11.3 Å². The number of carbonyl (C=O) groups excluding carboxylic acids is 1. The maximum absolute atomic E-state index is 13.4. The zero-order chi connectivity index (χ0) is 23.8. The first kappa shape index (κ1) is 24.2. The Morgan fingerprint density at radius 3 is 1.97 bits per heavy atom. The third-order valence-electron chi connectivity index (χ3n) is 6.18. The van der Waals surface area contributed by atoms with Crippen LogP contribution in [0.15, 0.2) is 18.2 Å². The molecule has 1 heterocycles. The number of halogens is 6. The van der Waals surface area contributed by atoms with E-state index in [9.17, 15) is 31.1 Å². The number of carbonyl (C=O) groups is 1. The average Bonchev–Trinajstić information content (AvgIpc) is 2.96. The molecule has 0 unspecified atom stereocenters. The molecule has 1 aliphatic rings. The molecule has 0 amide bonds. The van der Waals surface area contributed by atoms with Crippen LogP contribution in [0.4, 0.5) is 26.3 Å². The minimum Gasteiger partial charge on any atom is -0.465 e. The summed E-state index contributed by atoms with van der Waals surface area (Å²) in [6.07, 6.45) is -4.94. The van der Waals surface area contributed by atoms with Crippen molar-refractivity contribution in [3.8, 4) is 11.3 Å². The van der Waals surface area contributed by atoms with Gasteiger partial charge in [0.25, 0.3) is 0 Å². The lowest BCUT2D eigenvalue weighted by Gasteiger charge is -2.25. The Morgan fingerprint density at radius 2 is 1.50 bits per heavy atom. The zero-order valence-corrected chi connectivity index (χ0v) is 18.1. The van der Waals surface area contributed by atoms with E-state index in [-0.39, 0.29) is 28.8 Å². The normalized spacial score (nSPS) is 15.8. The van der Waals surface area contributed by atoms with Crippen LogP contribution in [0.1, 0.15) is 64.8 Å². The highest BCUT2D eigenvalue weighted by Gasteiger charge is 2.38. The van der Waals surface area contributed by atoms with Gasteiger partial charge in [-0.05, 0) is 61.9 Å². The summed E-state index contributed by atoms with van der Waals surface area (Å²) in [5, 5.41) is 0. The lowest BCUT2D eigenvalue weighted by atomic mass is 9.89. The number of aromatic nitrogens is 1. The van der Waals surface area contributed by atoms with Crippen LogP contribution in [0.2, 0.25) is 0 Å². The number of alkyl halides is 6. The molecule has 1 aromatic heterocycles. The Labute approximate surface area is 182 Å². The molecule has 9 heteroatoms. The number of nitrogens with zero attached hydrogens (tertiary/aromatic N) is 1. The maximum atomic E-state index is 13.4. The maximum Gasteiger partial charge on any atom is 0.416 e. The van der Waals surface area contributed by atoms with Crippen LogP contribution < -0.4 is 0 Å². The molecule has 176 valence electrons. The summed E-state index contributed by atoms with van der Waals surface area (Å²) in [7, 11) is 1.19. The topological polar surface area (TPSA) is 31.2 Å². The van der Waals surface area contributed by atoms with Crippen LogP contribution in [0.5, 0.6) is 0 Å². The standard InChI is InChI=1S/C23H25F6NO2/c1-13-19(21(31)32-3)14(2)30(12-15-7-5-4-6-8-15)20(13)16-9-17(22(24,25)26)11-18(10-16)23(27,28)29/h9-11,15H,4-8,12H2,1-3H3. The molecule has 0 atom stereocenters. The summed E-state index contributed by atoms with van der Waals surface area (Å²) in [5.74, 6) is -0.446. The fourth-order valence-corrected chi connectivity index (χ4v) is 4.62. The van der Waals surface area contributed by atoms with Crippen molar-refractivity contribution in [2.75, 3.05) is 7.11 Å². The zero-order valence-electron chi connectivity index (χ0n) is 18.1. The Bertz CT molecular complexity index is 965. The van der Waals surface area contributed by atoms with Crippen molar-refractivity contribution < 1.29 is 35.9 Å². The van der Waals surface area contributed by atoms with Crippen LogP contribution >= 0.6 is 0 Å². The Morgan fingerprint density at radius 1 is 0.969 bits per heavy atom. The van der Waals surface area contributed by atoms with Gasteiger partial charge in [-0.1, -0.05) is 19.3 Å². The van der Waals surface area contributed by atoms with Gasteiger partial charge in [-0.25, -0.2) is 4.79 Å². The highest BCUT2D eigenvalue weighted by Crippen LogP contribution is 2.41. The molecular formula is C23H25F6NO2. The molecule has 1 fully saturated rings. The van der Waals surface area contributed by atoms with E-state index < -0.39 is 29.4 Å². The van der Waals surface area contributed by atoms with Crippen LogP contribution in [0.3, 0.4) is 0 Å². The number of ether oxygens (including phenoxy) is 1. The minimum atomic E-state index is -4.95. The Balaban J connectivity index is 2.26. The highest BCUT2D eigenvalue weighted by molar-refractivity contribution is 5.95. The molecule has 0 radical (unpaired) electrons. The van der Waals surface area contributed by atoms with Gasteiger partial charge in [-0.2, -0.15) is 26.3 Å². The molecule has 3 nitrogen and oxygen atoms in total. The molecule has 0 aliphatic heterocycles. The molecule has 0 saturated heterocycles. The lowest BCUT2D eigenvalue weighted by molar-refractivity contribution is -0.143. The van der Waals surface area contributed by atoms with Crippen molar-refractivity contribution in [3.05, 3.63) is 46.1 Å². The Hall–Kier alpha value is -2.45. The van der Waals surface area contributed by atoms with E-state index in [0.717, 1.165) is 44.2 Å². The average molecular weight is 461 g/mol. The van der Waals surface area contributed by atoms with E-state index in [1.54, 1.807) is 11.5 Å². The van der Waals surface area contributed by atoms with Crippen LogP contribution in [-0.4, -0.2) is 17.6 Å². The summed E-state index contributed by atoms with van der Waals surface area (Å²) in [4.78, 5) is 12.4. The lowest BCUT2D eigenvalue weighted by Crippen LogP contribution is -2.17. The van der Waals surface area contributed by atoms with Crippen molar-refractivity contribution in [2.24, 2.45) is 5.92 Å². The second kappa shape index (κ2) is 8.83. The van der Waals surface area contributed by atoms with Gasteiger partial charge in [0.2, 0.25) is 0 Å². The van der Waals surface area contributed by atoms with Gasteiger partial charge >= 0.3 is 18.3 Å². The quantitative estimate of drug-likeness (QED) is 0.357. The molecule has 1 aliphatic carbocycles. The number of esters is 1. The fraction of sp³-hybridized carbons (Fsp3) is 0.522. The van der Waals surface area contributed by atoms with Gasteiger partial charge < -0.3 is 9.30 Å². The number of hydrogen-bond donors (Lipinski definition) is 0. The smallest absolute Gasteiger partial charge is 0.416 e. The number of methoxy groups -OCH3 is 1. The van der Waals surface area contributed by atoms with Crippen LogP contribution in [0, 0.1) is 19.8 Å². The van der Waals surface area contributed by atoms with Gasteiger partial charge in [0, 0.05) is 12.2 Å². The number of rotatable bonds is 4. The summed E-state index contributed by atoms with van der Waals surface area (Å²) < 4.78 is 87.2. The molecule has 0 N–H and O–H groups in total. The monoisotopic (exact) mass is 461 g/mol. The van der Waals surface area contributed by atoms with E-state index in [1.165, 1.54) is 14.0 Å².